The van der Waals surface area contributed by atoms with Gasteiger partial charge in [0, 0.05) is 0 Å². The molecule has 11 heteroatoms. The number of aliphatic hydroxyl groups is 1. The standard InChI is InChI=1S/C22H34N4O7/c1-5-11(2)17(25-19(29)16(23)10-14-6-8-15(28)9-7-14)20(30)26-18(13(4)27)21(31)24-12(3)22(32)33/h6-9,11-13,16-18,27-28H,5,10,23H2,1-4H3,(H,24,31)(H,25,29)(H,26,30)(H,32,33). The highest BCUT2D eigenvalue weighted by molar-refractivity contribution is 5.94. The van der Waals surface area contributed by atoms with Crippen LogP contribution in [0.5, 0.6) is 5.75 Å². The highest BCUT2D eigenvalue weighted by Crippen LogP contribution is 2.12. The van der Waals surface area contributed by atoms with Crippen LogP contribution in [0.25, 0.3) is 0 Å². The van der Waals surface area contributed by atoms with Crippen LogP contribution in [0.4, 0.5) is 0 Å². The van der Waals surface area contributed by atoms with Gasteiger partial charge in [0.15, 0.2) is 0 Å². The Balaban J connectivity index is 2.91. The molecule has 0 saturated carbocycles. The number of aliphatic hydroxyl groups excluding tert-OH is 1. The number of nitrogens with one attached hydrogen (secondary N) is 3. The lowest BCUT2D eigenvalue weighted by Crippen LogP contribution is -2.60. The quantitative estimate of drug-likeness (QED) is 0.209. The zero-order chi connectivity index (χ0) is 25.3. The minimum atomic E-state index is -1.42. The molecule has 0 aliphatic rings. The van der Waals surface area contributed by atoms with Crippen LogP contribution >= 0.6 is 0 Å². The van der Waals surface area contributed by atoms with Gasteiger partial charge in [-0.1, -0.05) is 32.4 Å². The number of carbonyl (C=O) groups excluding carboxylic acids is 3. The number of hydrogen-bond acceptors (Lipinski definition) is 7. The first-order valence-electron chi connectivity index (χ1n) is 10.7. The average Bonchev–Trinajstić information content (AvgIpc) is 2.75. The summed E-state index contributed by atoms with van der Waals surface area (Å²) in [4.78, 5) is 49.0. The molecule has 1 rings (SSSR count). The largest absolute Gasteiger partial charge is 0.508 e. The number of hydrogen-bond donors (Lipinski definition) is 7. The zero-order valence-corrected chi connectivity index (χ0v) is 19.2. The number of amides is 3. The Bertz CT molecular complexity index is 829. The first-order valence-corrected chi connectivity index (χ1v) is 10.7. The molecule has 0 heterocycles. The van der Waals surface area contributed by atoms with Crippen LogP contribution in [0, 0.1) is 5.92 Å². The lowest BCUT2D eigenvalue weighted by Gasteiger charge is -2.28. The summed E-state index contributed by atoms with van der Waals surface area (Å²) in [5.74, 6) is -3.68. The lowest BCUT2D eigenvalue weighted by atomic mass is 9.96. The minimum absolute atomic E-state index is 0.0831. The van der Waals surface area contributed by atoms with E-state index < -0.39 is 54.0 Å². The van der Waals surface area contributed by atoms with Crippen molar-refractivity contribution in [2.75, 3.05) is 0 Å². The molecule has 0 aliphatic carbocycles. The van der Waals surface area contributed by atoms with Gasteiger partial charge in [0.2, 0.25) is 17.7 Å². The number of rotatable bonds is 12. The van der Waals surface area contributed by atoms with Gasteiger partial charge < -0.3 is 37.0 Å². The molecule has 6 unspecified atom stereocenters. The van der Waals surface area contributed by atoms with E-state index >= 15 is 0 Å². The number of aromatic hydroxyl groups is 1. The van der Waals surface area contributed by atoms with Crippen LogP contribution in [-0.4, -0.2) is 69.3 Å². The first kappa shape index (κ1) is 27.9. The average molecular weight is 467 g/mol. The van der Waals surface area contributed by atoms with E-state index in [4.69, 9.17) is 10.8 Å². The third-order valence-electron chi connectivity index (χ3n) is 5.31. The van der Waals surface area contributed by atoms with Crippen LogP contribution in [0.3, 0.4) is 0 Å². The van der Waals surface area contributed by atoms with Gasteiger partial charge in [-0.15, -0.1) is 0 Å². The predicted octanol–water partition coefficient (Wildman–Crippen LogP) is -0.752. The van der Waals surface area contributed by atoms with E-state index in [1.54, 1.807) is 19.1 Å². The molecule has 0 bridgehead atoms. The van der Waals surface area contributed by atoms with Crippen LogP contribution < -0.4 is 21.7 Å². The summed E-state index contributed by atoms with van der Waals surface area (Å²) in [6, 6.07) is 1.55. The van der Waals surface area contributed by atoms with Gasteiger partial charge in [-0.3, -0.25) is 19.2 Å². The van der Waals surface area contributed by atoms with E-state index in [1.807, 2.05) is 6.92 Å². The summed E-state index contributed by atoms with van der Waals surface area (Å²) in [5, 5.41) is 35.5. The maximum Gasteiger partial charge on any atom is 0.325 e. The molecule has 0 aromatic heterocycles. The van der Waals surface area contributed by atoms with Gasteiger partial charge in [-0.25, -0.2) is 0 Å². The van der Waals surface area contributed by atoms with E-state index in [0.29, 0.717) is 6.42 Å². The maximum absolute atomic E-state index is 12.9. The fraction of sp³-hybridized carbons (Fsp3) is 0.545. The third kappa shape index (κ3) is 8.70. The van der Waals surface area contributed by atoms with Crippen molar-refractivity contribution in [2.24, 2.45) is 11.7 Å². The monoisotopic (exact) mass is 466 g/mol. The van der Waals surface area contributed by atoms with Crippen LogP contribution in [-0.2, 0) is 25.6 Å². The Morgan fingerprint density at radius 3 is 1.91 bits per heavy atom. The summed E-state index contributed by atoms with van der Waals surface area (Å²) in [7, 11) is 0. The van der Waals surface area contributed by atoms with Crippen LogP contribution in [0.1, 0.15) is 39.7 Å². The second kappa shape index (κ2) is 12.8. The molecule has 8 N–H and O–H groups in total. The van der Waals surface area contributed by atoms with E-state index in [2.05, 4.69) is 16.0 Å². The number of phenolic OH excluding ortho intramolecular Hbond substituents is 1. The van der Waals surface area contributed by atoms with Crippen molar-refractivity contribution < 1.29 is 34.5 Å². The number of nitrogens with two attached hydrogens (primary N) is 1. The van der Waals surface area contributed by atoms with Gasteiger partial charge in [0.25, 0.3) is 0 Å². The Labute approximate surface area is 192 Å². The maximum atomic E-state index is 12.9. The molecule has 1 aromatic carbocycles. The SMILES string of the molecule is CCC(C)C(NC(=O)C(N)Cc1ccc(O)cc1)C(=O)NC(C(=O)NC(C)C(=O)O)C(C)O. The van der Waals surface area contributed by atoms with Crippen molar-refractivity contribution in [1.82, 2.24) is 16.0 Å². The summed E-state index contributed by atoms with van der Waals surface area (Å²) < 4.78 is 0. The Morgan fingerprint density at radius 2 is 1.42 bits per heavy atom. The zero-order valence-electron chi connectivity index (χ0n) is 19.2. The fourth-order valence-corrected chi connectivity index (χ4v) is 2.95. The highest BCUT2D eigenvalue weighted by Gasteiger charge is 2.33. The van der Waals surface area contributed by atoms with Gasteiger partial charge >= 0.3 is 5.97 Å². The van der Waals surface area contributed by atoms with E-state index in [-0.39, 0.29) is 18.1 Å². The topological polar surface area (TPSA) is 191 Å². The second-order valence-corrected chi connectivity index (χ2v) is 8.14. The second-order valence-electron chi connectivity index (χ2n) is 8.14. The van der Waals surface area contributed by atoms with Crippen LogP contribution in [0.15, 0.2) is 24.3 Å². The molecule has 184 valence electrons. The molecule has 0 radical (unpaired) electrons. The number of carboxylic acid groups (broad SMARTS) is 1. The van der Waals surface area contributed by atoms with E-state index in [9.17, 15) is 29.4 Å². The summed E-state index contributed by atoms with van der Waals surface area (Å²) in [6.45, 7) is 6.08. The molecule has 0 aliphatic heterocycles. The van der Waals surface area contributed by atoms with Crippen molar-refractivity contribution >= 4 is 23.7 Å². The van der Waals surface area contributed by atoms with Crippen LogP contribution in [0.2, 0.25) is 0 Å². The number of carbonyl (C=O) groups is 4. The fourth-order valence-electron chi connectivity index (χ4n) is 2.95. The minimum Gasteiger partial charge on any atom is -0.508 e. The molecule has 6 atom stereocenters. The molecular weight excluding hydrogens is 432 g/mol. The molecule has 3 amide bonds. The summed E-state index contributed by atoms with van der Waals surface area (Å²) in [5.41, 5.74) is 6.71. The summed E-state index contributed by atoms with van der Waals surface area (Å²) >= 11 is 0. The van der Waals surface area contributed by atoms with Crippen molar-refractivity contribution in [3.05, 3.63) is 29.8 Å². The number of benzene rings is 1. The predicted molar refractivity (Wildman–Crippen MR) is 120 cm³/mol. The Kier molecular flexibility index (Phi) is 10.8. The van der Waals surface area contributed by atoms with Gasteiger partial charge in [-0.2, -0.15) is 0 Å². The van der Waals surface area contributed by atoms with E-state index in [1.165, 1.54) is 26.0 Å². The lowest BCUT2D eigenvalue weighted by molar-refractivity contribution is -0.142. The molecule has 11 nitrogen and oxygen atoms in total. The highest BCUT2D eigenvalue weighted by atomic mass is 16.4. The normalized spacial score (nSPS) is 16.4. The molecule has 0 spiro atoms. The van der Waals surface area contributed by atoms with Gasteiger partial charge in [-0.05, 0) is 43.9 Å². The third-order valence-corrected chi connectivity index (χ3v) is 5.31. The number of aliphatic carboxylic acids is 1. The number of carboxylic acids is 1. The Morgan fingerprint density at radius 1 is 0.909 bits per heavy atom. The Hall–Kier alpha value is -3.18. The van der Waals surface area contributed by atoms with Gasteiger partial charge in [0.05, 0.1) is 12.1 Å². The first-order chi connectivity index (χ1) is 15.4. The molecule has 0 fully saturated rings. The van der Waals surface area contributed by atoms with Crippen molar-refractivity contribution in [1.29, 1.82) is 0 Å². The van der Waals surface area contributed by atoms with Crippen molar-refractivity contribution in [3.8, 4) is 5.75 Å². The summed E-state index contributed by atoms with van der Waals surface area (Å²) in [6.07, 6.45) is -0.625. The smallest absolute Gasteiger partial charge is 0.325 e. The van der Waals surface area contributed by atoms with Crippen molar-refractivity contribution in [3.63, 3.8) is 0 Å². The van der Waals surface area contributed by atoms with E-state index in [0.717, 1.165) is 5.56 Å². The molecule has 33 heavy (non-hydrogen) atoms. The van der Waals surface area contributed by atoms with Crippen molar-refractivity contribution in [2.45, 2.75) is 70.8 Å². The molecule has 0 saturated heterocycles. The number of phenols is 1. The van der Waals surface area contributed by atoms with Gasteiger partial charge in [0.1, 0.15) is 23.9 Å². The molecule has 1 aromatic rings. The molecular formula is C22H34N4O7.